The quantitative estimate of drug-likeness (QED) is 0.727. The number of hydrogen-bond acceptors (Lipinski definition) is 2. The first kappa shape index (κ1) is 14.0. The van der Waals surface area contributed by atoms with Crippen LogP contribution in [0.3, 0.4) is 0 Å². The Morgan fingerprint density at radius 2 is 1.77 bits per heavy atom. The van der Waals surface area contributed by atoms with Crippen LogP contribution in [0.5, 0.6) is 0 Å². The first-order valence-corrected chi connectivity index (χ1v) is 8.57. The summed E-state index contributed by atoms with van der Waals surface area (Å²) in [6, 6.07) is 0. The monoisotopic (exact) mass is 295 g/mol. The molecule has 3 heterocycles. The van der Waals surface area contributed by atoms with Crippen LogP contribution in [0, 0.1) is 6.92 Å². The van der Waals surface area contributed by atoms with Gasteiger partial charge in [-0.05, 0) is 57.2 Å². The fraction of sp³-hybridized carbons (Fsp3) is 0.526. The lowest BCUT2D eigenvalue weighted by atomic mass is 9.85. The van der Waals surface area contributed by atoms with Crippen LogP contribution < -0.4 is 0 Å². The van der Waals surface area contributed by atoms with Crippen LogP contribution in [0.2, 0.25) is 0 Å². The first-order valence-electron chi connectivity index (χ1n) is 8.57. The van der Waals surface area contributed by atoms with E-state index in [4.69, 9.17) is 4.98 Å². The molecule has 1 aliphatic carbocycles. The van der Waals surface area contributed by atoms with Crippen LogP contribution in [0.1, 0.15) is 43.6 Å². The van der Waals surface area contributed by atoms with Gasteiger partial charge in [0, 0.05) is 37.1 Å². The summed E-state index contributed by atoms with van der Waals surface area (Å²) in [5.41, 5.74) is 7.42. The molecule has 3 nitrogen and oxygen atoms in total. The van der Waals surface area contributed by atoms with Crippen molar-refractivity contribution in [3.63, 3.8) is 0 Å². The van der Waals surface area contributed by atoms with Crippen LogP contribution in [0.4, 0.5) is 0 Å². The Labute approximate surface area is 133 Å². The van der Waals surface area contributed by atoms with Crippen molar-refractivity contribution < 1.29 is 0 Å². The Kier molecular flexibility index (Phi) is 3.53. The first-order chi connectivity index (χ1) is 10.7. The van der Waals surface area contributed by atoms with Crippen molar-refractivity contribution in [2.75, 3.05) is 20.1 Å². The van der Waals surface area contributed by atoms with Gasteiger partial charge < -0.3 is 9.47 Å². The van der Waals surface area contributed by atoms with Gasteiger partial charge in [0.1, 0.15) is 5.82 Å². The van der Waals surface area contributed by atoms with Gasteiger partial charge in [0.25, 0.3) is 0 Å². The number of aromatic nitrogens is 2. The molecule has 0 radical (unpaired) electrons. The summed E-state index contributed by atoms with van der Waals surface area (Å²) in [5.74, 6) is 1.22. The molecule has 0 unspecified atom stereocenters. The fourth-order valence-electron chi connectivity index (χ4n) is 4.01. The molecule has 1 saturated heterocycles. The second-order valence-electron chi connectivity index (χ2n) is 6.83. The molecular formula is C19H25N3. The van der Waals surface area contributed by atoms with Gasteiger partial charge >= 0.3 is 0 Å². The smallest absolute Gasteiger partial charge is 0.140 e. The summed E-state index contributed by atoms with van der Waals surface area (Å²) >= 11 is 0. The zero-order valence-electron chi connectivity index (χ0n) is 13.7. The summed E-state index contributed by atoms with van der Waals surface area (Å²) < 4.78 is 2.43. The van der Waals surface area contributed by atoms with Crippen molar-refractivity contribution in [2.24, 2.45) is 0 Å². The van der Waals surface area contributed by atoms with Gasteiger partial charge in [-0.3, -0.25) is 0 Å². The van der Waals surface area contributed by atoms with Crippen molar-refractivity contribution in [1.82, 2.24) is 14.5 Å². The molecule has 0 aromatic carbocycles. The average Bonchev–Trinajstić information content (AvgIpc) is 2.80. The van der Waals surface area contributed by atoms with Gasteiger partial charge in [-0.15, -0.1) is 0 Å². The zero-order chi connectivity index (χ0) is 15.1. The molecule has 3 heteroatoms. The number of imidazole rings is 1. The van der Waals surface area contributed by atoms with Crippen LogP contribution >= 0.6 is 0 Å². The molecule has 22 heavy (non-hydrogen) atoms. The lowest BCUT2D eigenvalue weighted by molar-refractivity contribution is 0.313. The number of hydrogen-bond donors (Lipinski definition) is 0. The molecule has 2 aliphatic heterocycles. The molecular weight excluding hydrogens is 270 g/mol. The molecule has 3 aliphatic rings. The third-order valence-corrected chi connectivity index (χ3v) is 5.35. The topological polar surface area (TPSA) is 21.1 Å². The summed E-state index contributed by atoms with van der Waals surface area (Å²) in [5, 5.41) is 0. The fourth-order valence-corrected chi connectivity index (χ4v) is 4.01. The third kappa shape index (κ3) is 2.28. The van der Waals surface area contributed by atoms with E-state index in [-0.39, 0.29) is 0 Å². The van der Waals surface area contributed by atoms with Gasteiger partial charge in [-0.1, -0.05) is 17.7 Å². The second-order valence-corrected chi connectivity index (χ2v) is 6.83. The summed E-state index contributed by atoms with van der Waals surface area (Å²) in [6.07, 6.45) is 12.9. The minimum Gasteiger partial charge on any atom is -0.328 e. The standard InChI is InChI=1S/C19H25N3/c1-14-13-20-19-18(16-7-10-21(2)11-8-16)17-6-4-3-5-15(17)9-12-22(14)19/h5-6,13H,3-4,7-12H2,1-2H3. The van der Waals surface area contributed by atoms with Crippen LogP contribution in [-0.4, -0.2) is 34.6 Å². The van der Waals surface area contributed by atoms with E-state index >= 15 is 0 Å². The lowest BCUT2D eigenvalue weighted by Crippen LogP contribution is -2.27. The Balaban J connectivity index is 1.88. The predicted molar refractivity (Wildman–Crippen MR) is 90.6 cm³/mol. The lowest BCUT2D eigenvalue weighted by Gasteiger charge is -2.27. The molecule has 1 aromatic heterocycles. The van der Waals surface area contributed by atoms with E-state index in [2.05, 4.69) is 35.6 Å². The maximum absolute atomic E-state index is 4.81. The normalized spacial score (nSPS) is 22.6. The van der Waals surface area contributed by atoms with Crippen molar-refractivity contribution >= 4 is 5.57 Å². The van der Waals surface area contributed by atoms with E-state index in [0.717, 1.165) is 13.0 Å². The van der Waals surface area contributed by atoms with Crippen LogP contribution in [0.25, 0.3) is 5.57 Å². The van der Waals surface area contributed by atoms with Gasteiger partial charge in [-0.25, -0.2) is 4.98 Å². The predicted octanol–water partition coefficient (Wildman–Crippen LogP) is 3.72. The third-order valence-electron chi connectivity index (χ3n) is 5.35. The molecule has 4 rings (SSSR count). The highest BCUT2D eigenvalue weighted by Gasteiger charge is 2.27. The number of aryl methyl sites for hydroxylation is 1. The number of likely N-dealkylation sites (tertiary alicyclic amines) is 1. The number of allylic oxidation sites excluding steroid dienone is 5. The minimum atomic E-state index is 1.07. The van der Waals surface area contributed by atoms with E-state index in [0.29, 0.717) is 0 Å². The second kappa shape index (κ2) is 5.54. The van der Waals surface area contributed by atoms with E-state index in [1.807, 2.05) is 6.20 Å². The molecule has 0 N–H and O–H groups in total. The molecule has 0 bridgehead atoms. The van der Waals surface area contributed by atoms with Gasteiger partial charge in [-0.2, -0.15) is 0 Å². The number of piperidine rings is 1. The summed E-state index contributed by atoms with van der Waals surface area (Å²) in [6.45, 7) is 5.60. The van der Waals surface area contributed by atoms with Crippen LogP contribution in [-0.2, 0) is 6.54 Å². The van der Waals surface area contributed by atoms with Gasteiger partial charge in [0.05, 0.1) is 0 Å². The minimum absolute atomic E-state index is 1.07. The average molecular weight is 295 g/mol. The number of nitrogens with zero attached hydrogens (tertiary/aromatic N) is 3. The van der Waals surface area contributed by atoms with Crippen molar-refractivity contribution in [1.29, 1.82) is 0 Å². The largest absolute Gasteiger partial charge is 0.328 e. The highest BCUT2D eigenvalue weighted by molar-refractivity contribution is 5.84. The SMILES string of the molecule is Cc1cnc2n1CCC1=CCCC=C1C2=C1CCN(C)CC1. The maximum atomic E-state index is 4.81. The maximum Gasteiger partial charge on any atom is 0.140 e. The van der Waals surface area contributed by atoms with Gasteiger partial charge in [0.2, 0.25) is 0 Å². The Bertz CT molecular complexity index is 678. The molecule has 116 valence electrons. The molecule has 1 fully saturated rings. The highest BCUT2D eigenvalue weighted by Crippen LogP contribution is 2.40. The zero-order valence-corrected chi connectivity index (χ0v) is 13.7. The van der Waals surface area contributed by atoms with Gasteiger partial charge in [0.15, 0.2) is 0 Å². The highest BCUT2D eigenvalue weighted by atomic mass is 15.1. The number of rotatable bonds is 0. The Morgan fingerprint density at radius 1 is 1.00 bits per heavy atom. The number of fused-ring (bicyclic) bond motifs is 2. The van der Waals surface area contributed by atoms with E-state index < -0.39 is 0 Å². The Hall–Kier alpha value is -1.61. The molecule has 0 atom stereocenters. The van der Waals surface area contributed by atoms with Crippen LogP contribution in [0.15, 0.2) is 35.1 Å². The Morgan fingerprint density at radius 3 is 2.59 bits per heavy atom. The van der Waals surface area contributed by atoms with E-state index in [9.17, 15) is 0 Å². The van der Waals surface area contributed by atoms with E-state index in [1.165, 1.54) is 61.4 Å². The molecule has 0 spiro atoms. The summed E-state index contributed by atoms with van der Waals surface area (Å²) in [7, 11) is 2.23. The molecule has 0 saturated carbocycles. The molecule has 0 amide bonds. The summed E-state index contributed by atoms with van der Waals surface area (Å²) in [4.78, 5) is 7.24. The van der Waals surface area contributed by atoms with Crippen molar-refractivity contribution in [3.05, 3.63) is 46.6 Å². The van der Waals surface area contributed by atoms with Crippen molar-refractivity contribution in [3.8, 4) is 0 Å². The molecule has 1 aromatic rings. The van der Waals surface area contributed by atoms with Crippen molar-refractivity contribution in [2.45, 2.75) is 45.6 Å². The van der Waals surface area contributed by atoms with E-state index in [1.54, 1.807) is 11.1 Å².